The number of alkyl halides is 1. The zero-order chi connectivity index (χ0) is 14.4. The highest BCUT2D eigenvalue weighted by Gasteiger charge is 2.14. The minimum absolute atomic E-state index is 0.289. The number of hydrogen-bond acceptors (Lipinski definition) is 4. The molecule has 4 nitrogen and oxygen atoms in total. The highest BCUT2D eigenvalue weighted by atomic mass is 19.1. The molecule has 1 heterocycles. The Hall–Kier alpha value is -2.17. The van der Waals surface area contributed by atoms with Crippen molar-refractivity contribution in [3.05, 3.63) is 53.6 Å². The number of hydrogen-bond donors (Lipinski definition) is 1. The van der Waals surface area contributed by atoms with Crippen molar-refractivity contribution in [3.63, 3.8) is 0 Å². The van der Waals surface area contributed by atoms with Gasteiger partial charge in [0.05, 0.1) is 12.3 Å². The third-order valence-electron chi connectivity index (χ3n) is 2.93. The fourth-order valence-electron chi connectivity index (χ4n) is 1.91. The molecule has 0 aliphatic heterocycles. The molecular formula is C15H18FN3O. The maximum Gasteiger partial charge on any atom is 0.131 e. The quantitative estimate of drug-likeness (QED) is 0.859. The zero-order valence-electron chi connectivity index (χ0n) is 11.4. The number of halogens is 1. The molecule has 1 aliphatic carbocycles. The molecule has 0 bridgehead atoms. The average molecular weight is 275 g/mol. The van der Waals surface area contributed by atoms with Gasteiger partial charge in [0.15, 0.2) is 0 Å². The normalized spacial score (nSPS) is 20.7. The molecule has 0 fully saturated rings. The molecule has 1 aliphatic rings. The lowest BCUT2D eigenvalue weighted by Crippen LogP contribution is -2.09. The Bertz CT molecular complexity index is 552. The van der Waals surface area contributed by atoms with Crippen LogP contribution in [-0.2, 0) is 0 Å². The van der Waals surface area contributed by atoms with Crippen molar-refractivity contribution in [2.45, 2.75) is 25.9 Å². The van der Waals surface area contributed by atoms with Crippen LogP contribution < -0.4 is 5.73 Å². The van der Waals surface area contributed by atoms with Gasteiger partial charge in [-0.2, -0.15) is 0 Å². The third kappa shape index (κ3) is 3.91. The van der Waals surface area contributed by atoms with Crippen molar-refractivity contribution in [2.75, 3.05) is 6.54 Å². The van der Waals surface area contributed by atoms with Gasteiger partial charge in [-0.3, -0.25) is 4.99 Å². The molecule has 5 heteroatoms. The lowest BCUT2D eigenvalue weighted by molar-refractivity contribution is 0.361. The maximum atomic E-state index is 13.9. The maximum absolute atomic E-state index is 13.9. The number of nitrogens with zero attached hydrogens (tertiary/aromatic N) is 2. The van der Waals surface area contributed by atoms with Gasteiger partial charge < -0.3 is 10.3 Å². The van der Waals surface area contributed by atoms with Crippen LogP contribution in [-0.4, -0.2) is 23.6 Å². The van der Waals surface area contributed by atoms with E-state index in [0.29, 0.717) is 29.1 Å². The highest BCUT2D eigenvalue weighted by molar-refractivity contribution is 6.07. The summed E-state index contributed by atoms with van der Waals surface area (Å²) in [7, 11) is 0. The zero-order valence-corrected chi connectivity index (χ0v) is 11.4. The summed E-state index contributed by atoms with van der Waals surface area (Å²) in [5.74, 6) is 0. The van der Waals surface area contributed by atoms with E-state index < -0.39 is 6.17 Å². The van der Waals surface area contributed by atoms with E-state index in [1.807, 2.05) is 12.2 Å². The number of rotatable bonds is 4. The summed E-state index contributed by atoms with van der Waals surface area (Å²) in [6.45, 7) is 2.05. The Balaban J connectivity index is 2.19. The minimum atomic E-state index is -0.949. The van der Waals surface area contributed by atoms with Gasteiger partial charge in [-0.15, -0.1) is 0 Å². The van der Waals surface area contributed by atoms with Crippen LogP contribution in [0.5, 0.6) is 0 Å². The second-order valence-corrected chi connectivity index (χ2v) is 4.69. The van der Waals surface area contributed by atoms with E-state index in [1.54, 1.807) is 25.1 Å². The Morgan fingerprint density at radius 2 is 2.50 bits per heavy atom. The van der Waals surface area contributed by atoms with Gasteiger partial charge in [-0.05, 0) is 31.4 Å². The van der Waals surface area contributed by atoms with Crippen LogP contribution in [0.3, 0.4) is 0 Å². The second-order valence-electron chi connectivity index (χ2n) is 4.69. The predicted molar refractivity (Wildman–Crippen MR) is 77.2 cm³/mol. The van der Waals surface area contributed by atoms with Crippen molar-refractivity contribution >= 4 is 5.71 Å². The van der Waals surface area contributed by atoms with E-state index >= 15 is 0 Å². The van der Waals surface area contributed by atoms with Crippen LogP contribution in [0.2, 0.25) is 0 Å². The summed E-state index contributed by atoms with van der Waals surface area (Å²) in [5.41, 5.74) is 8.15. The third-order valence-corrected chi connectivity index (χ3v) is 2.93. The number of aromatic nitrogens is 1. The van der Waals surface area contributed by atoms with Crippen LogP contribution in [0.15, 0.2) is 57.4 Å². The number of allylic oxidation sites excluding steroid dienone is 5. The molecule has 2 N–H and O–H groups in total. The van der Waals surface area contributed by atoms with E-state index in [2.05, 4.69) is 10.1 Å². The molecule has 20 heavy (non-hydrogen) atoms. The van der Waals surface area contributed by atoms with Crippen molar-refractivity contribution in [3.8, 4) is 0 Å². The van der Waals surface area contributed by atoms with Gasteiger partial charge in [-0.1, -0.05) is 23.4 Å². The molecular weight excluding hydrogens is 257 g/mol. The molecule has 1 aromatic heterocycles. The fourth-order valence-corrected chi connectivity index (χ4v) is 1.91. The molecule has 0 radical (unpaired) electrons. The van der Waals surface area contributed by atoms with Gasteiger partial charge in [-0.25, -0.2) is 4.39 Å². The van der Waals surface area contributed by atoms with Crippen LogP contribution >= 0.6 is 0 Å². The van der Waals surface area contributed by atoms with Crippen LogP contribution in [0.25, 0.3) is 0 Å². The Labute approximate surface area is 117 Å². The summed E-state index contributed by atoms with van der Waals surface area (Å²) < 4.78 is 18.7. The van der Waals surface area contributed by atoms with E-state index in [0.717, 1.165) is 6.42 Å². The molecule has 1 unspecified atom stereocenters. The van der Waals surface area contributed by atoms with Crippen LogP contribution in [0.1, 0.15) is 25.5 Å². The monoisotopic (exact) mass is 275 g/mol. The molecule has 0 amide bonds. The van der Waals surface area contributed by atoms with Gasteiger partial charge in [0.1, 0.15) is 18.1 Å². The molecule has 0 aromatic carbocycles. The molecule has 1 aromatic rings. The first kappa shape index (κ1) is 14.2. The SMILES string of the molecule is CC(N)=CC(=NCC1=CC=CCCC1F)c1ccon1. The van der Waals surface area contributed by atoms with Crippen molar-refractivity contribution < 1.29 is 8.91 Å². The van der Waals surface area contributed by atoms with E-state index in [4.69, 9.17) is 10.3 Å². The Morgan fingerprint density at radius 1 is 1.65 bits per heavy atom. The van der Waals surface area contributed by atoms with Gasteiger partial charge in [0.25, 0.3) is 0 Å². The van der Waals surface area contributed by atoms with Crippen LogP contribution in [0, 0.1) is 0 Å². The summed E-state index contributed by atoms with van der Waals surface area (Å²) >= 11 is 0. The first-order valence-corrected chi connectivity index (χ1v) is 6.55. The minimum Gasteiger partial charge on any atom is -0.402 e. The van der Waals surface area contributed by atoms with Gasteiger partial charge in [0, 0.05) is 11.8 Å². The summed E-state index contributed by atoms with van der Waals surface area (Å²) in [6, 6.07) is 1.70. The van der Waals surface area contributed by atoms with Crippen LogP contribution in [0.4, 0.5) is 4.39 Å². The molecule has 106 valence electrons. The fraction of sp³-hybridized carbons (Fsp3) is 0.333. The van der Waals surface area contributed by atoms with Gasteiger partial charge in [0.2, 0.25) is 0 Å². The van der Waals surface area contributed by atoms with Crippen molar-refractivity contribution in [2.24, 2.45) is 10.7 Å². The largest absolute Gasteiger partial charge is 0.402 e. The van der Waals surface area contributed by atoms with Crippen molar-refractivity contribution in [1.82, 2.24) is 5.16 Å². The Kier molecular flexibility index (Phi) is 4.87. The van der Waals surface area contributed by atoms with Crippen molar-refractivity contribution in [1.29, 1.82) is 0 Å². The number of nitrogens with two attached hydrogens (primary N) is 1. The van der Waals surface area contributed by atoms with Gasteiger partial charge >= 0.3 is 0 Å². The summed E-state index contributed by atoms with van der Waals surface area (Å²) in [4.78, 5) is 4.42. The molecule has 2 rings (SSSR count). The lowest BCUT2D eigenvalue weighted by atomic mass is 10.1. The summed E-state index contributed by atoms with van der Waals surface area (Å²) in [6.07, 6.45) is 9.12. The molecule has 0 spiro atoms. The molecule has 1 atom stereocenters. The predicted octanol–water partition coefficient (Wildman–Crippen LogP) is 2.94. The first-order valence-electron chi connectivity index (χ1n) is 6.55. The first-order chi connectivity index (χ1) is 9.66. The van der Waals surface area contributed by atoms with E-state index in [-0.39, 0.29) is 6.54 Å². The Morgan fingerprint density at radius 3 is 3.20 bits per heavy atom. The van der Waals surface area contributed by atoms with E-state index in [1.165, 1.54) is 6.26 Å². The number of aliphatic imine (C=N–C) groups is 1. The lowest BCUT2D eigenvalue weighted by Gasteiger charge is -2.08. The second kappa shape index (κ2) is 6.84. The smallest absolute Gasteiger partial charge is 0.131 e. The molecule has 0 saturated carbocycles. The summed E-state index contributed by atoms with van der Waals surface area (Å²) in [5, 5.41) is 3.84. The standard InChI is InChI=1S/C15H18FN3O/c1-11(17)9-15(14-7-8-20-19-14)18-10-12-5-3-2-4-6-13(12)16/h2-3,5,7-9,13H,4,6,10,17H2,1H3. The average Bonchev–Trinajstić information content (AvgIpc) is 2.86. The molecule has 0 saturated heterocycles. The topological polar surface area (TPSA) is 64.4 Å². The van der Waals surface area contributed by atoms with E-state index in [9.17, 15) is 4.39 Å². The highest BCUT2D eigenvalue weighted by Crippen LogP contribution is 2.18.